The fourth-order valence-electron chi connectivity index (χ4n) is 2.86. The highest BCUT2D eigenvalue weighted by Gasteiger charge is 2.20. The maximum absolute atomic E-state index is 12.0. The lowest BCUT2D eigenvalue weighted by molar-refractivity contribution is -0.132. The maximum atomic E-state index is 12.0. The Morgan fingerprint density at radius 3 is 2.68 bits per heavy atom. The number of aromatic nitrogens is 2. The van der Waals surface area contributed by atoms with E-state index in [1.165, 1.54) is 0 Å². The summed E-state index contributed by atoms with van der Waals surface area (Å²) in [5, 5.41) is 0. The predicted molar refractivity (Wildman–Crippen MR) is 88.8 cm³/mol. The Labute approximate surface area is 133 Å². The molecule has 0 bridgehead atoms. The quantitative estimate of drug-likeness (QED) is 0.725. The molecule has 0 atom stereocenters. The van der Waals surface area contributed by atoms with Gasteiger partial charge in [-0.2, -0.15) is 0 Å². The molecule has 5 heteroatoms. The molecular weight excluding hydrogens is 276 g/mol. The molecule has 1 aromatic heterocycles. The minimum atomic E-state index is 0.260. The molecule has 1 amide bonds. The summed E-state index contributed by atoms with van der Waals surface area (Å²) < 4.78 is 2.24. The summed E-state index contributed by atoms with van der Waals surface area (Å²) in [5.74, 6) is 1.86. The lowest BCUT2D eigenvalue weighted by Crippen LogP contribution is -2.49. The summed E-state index contributed by atoms with van der Waals surface area (Å²) in [5.41, 5.74) is 0. The van der Waals surface area contributed by atoms with E-state index in [0.717, 1.165) is 51.5 Å². The molecule has 22 heavy (non-hydrogen) atoms. The average molecular weight is 304 g/mol. The SMILES string of the molecule is C=CCCC(=O)N1CCN(CCn2ccnc2C(C)C)CC1. The highest BCUT2D eigenvalue weighted by atomic mass is 16.2. The van der Waals surface area contributed by atoms with Crippen LogP contribution in [0.3, 0.4) is 0 Å². The van der Waals surface area contributed by atoms with E-state index in [1.54, 1.807) is 0 Å². The Kier molecular flexibility index (Phi) is 6.19. The highest BCUT2D eigenvalue weighted by Crippen LogP contribution is 2.12. The van der Waals surface area contributed by atoms with Gasteiger partial charge in [0.1, 0.15) is 5.82 Å². The molecule has 0 aromatic carbocycles. The van der Waals surface area contributed by atoms with Crippen molar-refractivity contribution in [2.75, 3.05) is 32.7 Å². The largest absolute Gasteiger partial charge is 0.340 e. The minimum Gasteiger partial charge on any atom is -0.340 e. The molecule has 2 heterocycles. The maximum Gasteiger partial charge on any atom is 0.222 e. The Balaban J connectivity index is 1.74. The second kappa shape index (κ2) is 8.13. The van der Waals surface area contributed by atoms with Gasteiger partial charge in [0.25, 0.3) is 0 Å². The van der Waals surface area contributed by atoms with Crippen LogP contribution in [0.2, 0.25) is 0 Å². The van der Waals surface area contributed by atoms with Crippen molar-refractivity contribution in [3.63, 3.8) is 0 Å². The number of rotatable bonds is 7. The molecular formula is C17H28N4O. The molecule has 0 radical (unpaired) electrons. The van der Waals surface area contributed by atoms with Crippen LogP contribution in [0.25, 0.3) is 0 Å². The molecule has 1 aliphatic rings. The van der Waals surface area contributed by atoms with Gasteiger partial charge >= 0.3 is 0 Å². The van der Waals surface area contributed by atoms with Crippen molar-refractivity contribution in [3.8, 4) is 0 Å². The Morgan fingerprint density at radius 1 is 1.32 bits per heavy atom. The van der Waals surface area contributed by atoms with Crippen LogP contribution in [-0.2, 0) is 11.3 Å². The topological polar surface area (TPSA) is 41.4 Å². The van der Waals surface area contributed by atoms with Crippen LogP contribution in [0.5, 0.6) is 0 Å². The van der Waals surface area contributed by atoms with Gasteiger partial charge in [-0.25, -0.2) is 4.98 Å². The third-order valence-electron chi connectivity index (χ3n) is 4.21. The van der Waals surface area contributed by atoms with Crippen LogP contribution in [0, 0.1) is 0 Å². The van der Waals surface area contributed by atoms with Gasteiger partial charge in [0.15, 0.2) is 0 Å². The molecule has 1 fully saturated rings. The number of carbonyl (C=O) groups is 1. The Morgan fingerprint density at radius 2 is 2.05 bits per heavy atom. The molecule has 1 aromatic rings. The van der Waals surface area contributed by atoms with E-state index in [-0.39, 0.29) is 5.91 Å². The van der Waals surface area contributed by atoms with E-state index < -0.39 is 0 Å². The van der Waals surface area contributed by atoms with Crippen molar-refractivity contribution >= 4 is 5.91 Å². The van der Waals surface area contributed by atoms with Crippen LogP contribution in [0.1, 0.15) is 38.4 Å². The normalized spacial score (nSPS) is 16.2. The molecule has 5 nitrogen and oxygen atoms in total. The molecule has 1 saturated heterocycles. The number of hydrogen-bond acceptors (Lipinski definition) is 3. The minimum absolute atomic E-state index is 0.260. The summed E-state index contributed by atoms with van der Waals surface area (Å²) in [6, 6.07) is 0. The monoisotopic (exact) mass is 304 g/mol. The molecule has 0 spiro atoms. The Bertz CT molecular complexity index is 487. The second-order valence-corrected chi connectivity index (χ2v) is 6.18. The van der Waals surface area contributed by atoms with Crippen molar-refractivity contribution in [1.29, 1.82) is 0 Å². The van der Waals surface area contributed by atoms with Crippen LogP contribution in [0.15, 0.2) is 25.0 Å². The zero-order valence-electron chi connectivity index (χ0n) is 13.9. The lowest BCUT2D eigenvalue weighted by atomic mass is 10.2. The van der Waals surface area contributed by atoms with E-state index in [2.05, 4.69) is 41.1 Å². The van der Waals surface area contributed by atoms with Crippen molar-refractivity contribution in [2.24, 2.45) is 0 Å². The van der Waals surface area contributed by atoms with Gasteiger partial charge in [-0.15, -0.1) is 6.58 Å². The van der Waals surface area contributed by atoms with Crippen LogP contribution < -0.4 is 0 Å². The van der Waals surface area contributed by atoms with Gasteiger partial charge < -0.3 is 9.47 Å². The van der Waals surface area contributed by atoms with Gasteiger partial charge in [0, 0.05) is 64.0 Å². The van der Waals surface area contributed by atoms with Crippen molar-refractivity contribution in [3.05, 3.63) is 30.9 Å². The lowest BCUT2D eigenvalue weighted by Gasteiger charge is -2.35. The van der Waals surface area contributed by atoms with Gasteiger partial charge in [0.05, 0.1) is 0 Å². The van der Waals surface area contributed by atoms with E-state index in [9.17, 15) is 4.79 Å². The van der Waals surface area contributed by atoms with Gasteiger partial charge in [0.2, 0.25) is 5.91 Å². The second-order valence-electron chi connectivity index (χ2n) is 6.18. The van der Waals surface area contributed by atoms with E-state index >= 15 is 0 Å². The van der Waals surface area contributed by atoms with Crippen molar-refractivity contribution in [2.45, 2.75) is 39.2 Å². The van der Waals surface area contributed by atoms with Crippen molar-refractivity contribution < 1.29 is 4.79 Å². The molecule has 0 aliphatic carbocycles. The van der Waals surface area contributed by atoms with Crippen LogP contribution in [0.4, 0.5) is 0 Å². The first-order valence-corrected chi connectivity index (χ1v) is 8.24. The molecule has 1 aliphatic heterocycles. The summed E-state index contributed by atoms with van der Waals surface area (Å²) in [6.07, 6.45) is 7.12. The number of nitrogens with zero attached hydrogens (tertiary/aromatic N) is 4. The average Bonchev–Trinajstić information content (AvgIpc) is 3.00. The molecule has 0 N–H and O–H groups in total. The summed E-state index contributed by atoms with van der Waals surface area (Å²) in [7, 11) is 0. The fraction of sp³-hybridized carbons (Fsp3) is 0.647. The summed E-state index contributed by atoms with van der Waals surface area (Å²) in [4.78, 5) is 20.8. The van der Waals surface area contributed by atoms with E-state index in [4.69, 9.17) is 0 Å². The van der Waals surface area contributed by atoms with Gasteiger partial charge in [-0.3, -0.25) is 9.69 Å². The number of imidazole rings is 1. The third kappa shape index (κ3) is 4.44. The number of amides is 1. The summed E-state index contributed by atoms with van der Waals surface area (Å²) in [6.45, 7) is 13.6. The number of hydrogen-bond donors (Lipinski definition) is 0. The predicted octanol–water partition coefficient (Wildman–Crippen LogP) is 2.12. The first-order valence-electron chi connectivity index (χ1n) is 8.24. The zero-order chi connectivity index (χ0) is 15.9. The number of carbonyl (C=O) groups excluding carboxylic acids is 1. The summed E-state index contributed by atoms with van der Waals surface area (Å²) >= 11 is 0. The third-order valence-corrected chi connectivity index (χ3v) is 4.21. The first kappa shape index (κ1) is 16.7. The van der Waals surface area contributed by atoms with Crippen molar-refractivity contribution in [1.82, 2.24) is 19.4 Å². The highest BCUT2D eigenvalue weighted by molar-refractivity contribution is 5.76. The standard InChI is InChI=1S/C17H28N4O/c1-4-5-6-16(22)20-12-9-19(10-13-20)11-14-21-8-7-18-17(21)15(2)3/h4,7-8,15H,1,5-6,9-14H2,2-3H3. The first-order chi connectivity index (χ1) is 10.6. The van der Waals surface area contributed by atoms with Crippen LogP contribution in [-0.4, -0.2) is 58.0 Å². The molecule has 2 rings (SSSR count). The number of allylic oxidation sites excluding steroid dienone is 1. The Hall–Kier alpha value is -1.62. The smallest absolute Gasteiger partial charge is 0.222 e. The molecule has 0 unspecified atom stereocenters. The molecule has 122 valence electrons. The molecule has 0 saturated carbocycles. The number of piperazine rings is 1. The zero-order valence-corrected chi connectivity index (χ0v) is 13.9. The van der Waals surface area contributed by atoms with Gasteiger partial charge in [-0.1, -0.05) is 19.9 Å². The van der Waals surface area contributed by atoms with Gasteiger partial charge in [-0.05, 0) is 6.42 Å². The van der Waals surface area contributed by atoms with E-state index in [0.29, 0.717) is 12.3 Å². The fourth-order valence-corrected chi connectivity index (χ4v) is 2.86. The van der Waals surface area contributed by atoms with Crippen LogP contribution >= 0.6 is 0 Å². The van der Waals surface area contributed by atoms with E-state index in [1.807, 2.05) is 17.2 Å².